The Balaban J connectivity index is 1.86. The van der Waals surface area contributed by atoms with E-state index in [-0.39, 0.29) is 0 Å². The predicted octanol–water partition coefficient (Wildman–Crippen LogP) is 4.87. The number of hydrogen-bond donors (Lipinski definition) is 2. The van der Waals surface area contributed by atoms with Crippen molar-refractivity contribution in [3.8, 4) is 0 Å². The first-order chi connectivity index (χ1) is 14.1. The van der Waals surface area contributed by atoms with E-state index in [1.807, 2.05) is 60.4 Å². The molecule has 0 bridgehead atoms. The highest BCUT2D eigenvalue weighted by Crippen LogP contribution is 2.23. The van der Waals surface area contributed by atoms with Crippen molar-refractivity contribution < 1.29 is 0 Å². The van der Waals surface area contributed by atoms with Crippen molar-refractivity contribution in [3.63, 3.8) is 0 Å². The fraction of sp³-hybridized carbons (Fsp3) is 0.238. The molecule has 2 aromatic carbocycles. The minimum absolute atomic E-state index is 0.356. The van der Waals surface area contributed by atoms with E-state index >= 15 is 0 Å². The molecule has 0 spiro atoms. The molecule has 1 aromatic heterocycles. The fourth-order valence-corrected chi connectivity index (χ4v) is 2.80. The summed E-state index contributed by atoms with van der Waals surface area (Å²) in [5.41, 5.74) is 5.69. The van der Waals surface area contributed by atoms with Crippen molar-refractivity contribution in [2.24, 2.45) is 5.10 Å². The van der Waals surface area contributed by atoms with Gasteiger partial charge < -0.3 is 10.2 Å². The molecular formula is C21H24ClN7. The van der Waals surface area contributed by atoms with Gasteiger partial charge in [0.2, 0.25) is 17.8 Å². The topological polar surface area (TPSA) is 78.3 Å². The largest absolute Gasteiger partial charge is 0.341 e. The number of aromatic nitrogens is 3. The van der Waals surface area contributed by atoms with Crippen LogP contribution in [0.4, 0.5) is 23.5 Å². The van der Waals surface area contributed by atoms with Gasteiger partial charge >= 0.3 is 0 Å². The molecule has 0 saturated carbocycles. The quantitative estimate of drug-likeness (QED) is 0.408. The first-order valence-electron chi connectivity index (χ1n) is 9.47. The third-order valence-corrected chi connectivity index (χ3v) is 4.68. The highest BCUT2D eigenvalue weighted by molar-refractivity contribution is 6.31. The number of nitrogens with zero attached hydrogens (tertiary/aromatic N) is 5. The van der Waals surface area contributed by atoms with Crippen molar-refractivity contribution in [1.29, 1.82) is 0 Å². The first kappa shape index (κ1) is 20.5. The van der Waals surface area contributed by atoms with Gasteiger partial charge in [-0.1, -0.05) is 48.0 Å². The Morgan fingerprint density at radius 3 is 2.41 bits per heavy atom. The minimum atomic E-state index is 0.356. The molecule has 0 radical (unpaired) electrons. The lowest BCUT2D eigenvalue weighted by Crippen LogP contribution is -2.25. The van der Waals surface area contributed by atoms with Gasteiger partial charge in [-0.15, -0.1) is 0 Å². The molecule has 0 aliphatic carbocycles. The van der Waals surface area contributed by atoms with Gasteiger partial charge in [-0.3, -0.25) is 0 Å². The first-order valence-corrected chi connectivity index (χ1v) is 9.85. The summed E-state index contributed by atoms with van der Waals surface area (Å²) in [5.74, 6) is 1.34. The maximum atomic E-state index is 6.23. The Kier molecular flexibility index (Phi) is 6.97. The van der Waals surface area contributed by atoms with Gasteiger partial charge in [0.15, 0.2) is 0 Å². The maximum absolute atomic E-state index is 6.23. The molecule has 150 valence electrons. The molecule has 2 N–H and O–H groups in total. The number of benzene rings is 2. The van der Waals surface area contributed by atoms with Crippen LogP contribution in [-0.2, 0) is 0 Å². The molecule has 8 heteroatoms. The molecule has 3 rings (SSSR count). The van der Waals surface area contributed by atoms with Gasteiger partial charge in [-0.25, -0.2) is 5.43 Å². The van der Waals surface area contributed by atoms with E-state index < -0.39 is 0 Å². The van der Waals surface area contributed by atoms with Crippen molar-refractivity contribution in [3.05, 3.63) is 64.7 Å². The number of hydrazone groups is 1. The van der Waals surface area contributed by atoms with E-state index in [9.17, 15) is 0 Å². The molecule has 0 amide bonds. The monoisotopic (exact) mass is 409 g/mol. The Labute approximate surface area is 175 Å². The van der Waals surface area contributed by atoms with Gasteiger partial charge in [0.1, 0.15) is 0 Å². The van der Waals surface area contributed by atoms with E-state index in [4.69, 9.17) is 11.6 Å². The van der Waals surface area contributed by atoms with Crippen molar-refractivity contribution in [2.75, 3.05) is 28.7 Å². The van der Waals surface area contributed by atoms with Crippen molar-refractivity contribution >= 4 is 41.3 Å². The summed E-state index contributed by atoms with van der Waals surface area (Å²) >= 11 is 6.23. The zero-order valence-corrected chi connectivity index (χ0v) is 17.5. The van der Waals surface area contributed by atoms with Crippen LogP contribution >= 0.6 is 11.6 Å². The number of nitrogens with one attached hydrogen (secondary N) is 2. The van der Waals surface area contributed by atoms with E-state index in [2.05, 4.69) is 44.6 Å². The van der Waals surface area contributed by atoms with Crippen LogP contribution in [0, 0.1) is 6.92 Å². The molecule has 3 aromatic rings. The fourth-order valence-electron chi connectivity index (χ4n) is 2.62. The van der Waals surface area contributed by atoms with E-state index in [1.165, 1.54) is 0 Å². The molecule has 0 aliphatic rings. The minimum Gasteiger partial charge on any atom is -0.341 e. The summed E-state index contributed by atoms with van der Waals surface area (Å²) in [6.07, 6.45) is 1.72. The number of aryl methyl sites for hydroxylation is 1. The molecule has 0 saturated heterocycles. The third-order valence-electron chi connectivity index (χ3n) is 4.28. The Hall–Kier alpha value is -3.19. The molecule has 0 unspecified atom stereocenters. The molecule has 0 fully saturated rings. The van der Waals surface area contributed by atoms with Crippen LogP contribution in [-0.4, -0.2) is 34.3 Å². The van der Waals surface area contributed by atoms with Gasteiger partial charge in [0.25, 0.3) is 0 Å². The second-order valence-electron chi connectivity index (χ2n) is 6.32. The average Bonchev–Trinajstić information content (AvgIpc) is 2.72. The summed E-state index contributed by atoms with van der Waals surface area (Å²) in [6, 6.07) is 15.5. The molecular weight excluding hydrogens is 386 g/mol. The zero-order chi connectivity index (χ0) is 20.6. The van der Waals surface area contributed by atoms with Gasteiger partial charge in [0, 0.05) is 23.8 Å². The van der Waals surface area contributed by atoms with Crippen molar-refractivity contribution in [1.82, 2.24) is 15.0 Å². The van der Waals surface area contributed by atoms with Gasteiger partial charge in [0.05, 0.1) is 6.21 Å². The highest BCUT2D eigenvalue weighted by Gasteiger charge is 2.11. The summed E-state index contributed by atoms with van der Waals surface area (Å²) in [7, 11) is 0. The second kappa shape index (κ2) is 9.84. The summed E-state index contributed by atoms with van der Waals surface area (Å²) in [6.45, 7) is 7.63. The van der Waals surface area contributed by atoms with Crippen LogP contribution in [0.1, 0.15) is 25.0 Å². The SMILES string of the molecule is CCN(CC)c1nc(NN=Cc2ccccc2)nc(Nc2ccc(C)c(Cl)c2)n1. The summed E-state index contributed by atoms with van der Waals surface area (Å²) in [5, 5.41) is 8.12. The van der Waals surface area contributed by atoms with Gasteiger partial charge in [-0.05, 0) is 44.0 Å². The molecule has 0 atom stereocenters. The number of hydrogen-bond acceptors (Lipinski definition) is 7. The molecule has 1 heterocycles. The Bertz CT molecular complexity index is 972. The Morgan fingerprint density at radius 1 is 1.00 bits per heavy atom. The van der Waals surface area contributed by atoms with Crippen molar-refractivity contribution in [2.45, 2.75) is 20.8 Å². The lowest BCUT2D eigenvalue weighted by Gasteiger charge is -2.19. The number of anilines is 4. The Morgan fingerprint density at radius 2 is 1.72 bits per heavy atom. The van der Waals surface area contributed by atoms with Crippen LogP contribution in [0.2, 0.25) is 5.02 Å². The maximum Gasteiger partial charge on any atom is 0.250 e. The zero-order valence-electron chi connectivity index (χ0n) is 16.7. The smallest absolute Gasteiger partial charge is 0.250 e. The van der Waals surface area contributed by atoms with Crippen LogP contribution in [0.5, 0.6) is 0 Å². The number of rotatable bonds is 8. The number of halogens is 1. The molecule has 7 nitrogen and oxygen atoms in total. The van der Waals surface area contributed by atoms with E-state index in [1.54, 1.807) is 6.21 Å². The highest BCUT2D eigenvalue weighted by atomic mass is 35.5. The van der Waals surface area contributed by atoms with Gasteiger partial charge in [-0.2, -0.15) is 20.1 Å². The average molecular weight is 410 g/mol. The predicted molar refractivity (Wildman–Crippen MR) is 121 cm³/mol. The molecule has 0 aliphatic heterocycles. The second-order valence-corrected chi connectivity index (χ2v) is 6.73. The van der Waals surface area contributed by atoms with E-state index in [0.717, 1.165) is 29.9 Å². The van der Waals surface area contributed by atoms with Crippen LogP contribution in [0.3, 0.4) is 0 Å². The lowest BCUT2D eigenvalue weighted by atomic mass is 10.2. The van der Waals surface area contributed by atoms with Crippen LogP contribution in [0.25, 0.3) is 0 Å². The van der Waals surface area contributed by atoms with Crippen LogP contribution < -0.4 is 15.6 Å². The normalized spacial score (nSPS) is 10.9. The third kappa shape index (κ3) is 5.65. The summed E-state index contributed by atoms with van der Waals surface area (Å²) in [4.78, 5) is 15.5. The standard InChI is InChI=1S/C21H24ClN7/c1-4-29(5-2)21-26-19(24-17-12-11-15(3)18(22)13-17)25-20(27-21)28-23-14-16-9-7-6-8-10-16/h6-14H,4-5H2,1-3H3,(H2,24,25,26,27,28). The molecule has 29 heavy (non-hydrogen) atoms. The van der Waals surface area contributed by atoms with E-state index in [0.29, 0.717) is 22.9 Å². The summed E-state index contributed by atoms with van der Waals surface area (Å²) < 4.78 is 0. The van der Waals surface area contributed by atoms with Crippen LogP contribution in [0.15, 0.2) is 53.6 Å². The lowest BCUT2D eigenvalue weighted by molar-refractivity contribution is 0.814.